The number of nitrogens with one attached hydrogen (secondary N) is 2. The molecule has 110 valence electrons. The van der Waals surface area contributed by atoms with Gasteiger partial charge in [-0.15, -0.1) is 0 Å². The van der Waals surface area contributed by atoms with Crippen LogP contribution in [0.3, 0.4) is 0 Å². The van der Waals surface area contributed by atoms with E-state index in [0.717, 1.165) is 24.4 Å². The first-order valence-electron chi connectivity index (χ1n) is 5.21. The molecule has 12 heteroatoms. The monoisotopic (exact) mass is 313 g/mol. The maximum atomic E-state index is 11.9. The van der Waals surface area contributed by atoms with Crippen LogP contribution in [0.2, 0.25) is 0 Å². The van der Waals surface area contributed by atoms with E-state index in [4.69, 9.17) is 5.11 Å². The first-order valence-corrected chi connectivity index (χ1v) is 6.70. The highest BCUT2D eigenvalue weighted by Crippen LogP contribution is 2.16. The molecule has 0 atom stereocenters. The average molecular weight is 313 g/mol. The molecule has 0 aliphatic heterocycles. The number of pyridine rings is 1. The number of H-pyrrole nitrogens is 1. The molecule has 0 bridgehead atoms. The van der Waals surface area contributed by atoms with Gasteiger partial charge in [-0.1, -0.05) is 0 Å². The second kappa shape index (κ2) is 5.16. The summed E-state index contributed by atoms with van der Waals surface area (Å²) in [7, 11) is -4.08. The quantitative estimate of drug-likeness (QED) is 0.519. The number of aromatic nitrogens is 3. The van der Waals surface area contributed by atoms with Crippen molar-refractivity contribution < 1.29 is 23.2 Å². The van der Waals surface area contributed by atoms with Gasteiger partial charge in [0.15, 0.2) is 12.0 Å². The van der Waals surface area contributed by atoms with Crippen molar-refractivity contribution in [2.24, 2.45) is 0 Å². The number of carboxylic acids is 1. The second-order valence-electron chi connectivity index (χ2n) is 3.69. The number of aromatic carboxylic acids is 1. The number of nitro groups is 1. The fraction of sp³-hybridized carbons (Fsp3) is 0. The fourth-order valence-corrected chi connectivity index (χ4v) is 2.26. The molecule has 2 heterocycles. The Hall–Kier alpha value is -3.02. The Kier molecular flexibility index (Phi) is 3.54. The zero-order chi connectivity index (χ0) is 15.6. The Morgan fingerprint density at radius 3 is 2.62 bits per heavy atom. The van der Waals surface area contributed by atoms with Gasteiger partial charge in [0.2, 0.25) is 0 Å². The lowest BCUT2D eigenvalue weighted by atomic mass is 10.4. The van der Waals surface area contributed by atoms with Gasteiger partial charge in [0.25, 0.3) is 10.0 Å². The van der Waals surface area contributed by atoms with Crippen LogP contribution in [0.1, 0.15) is 10.5 Å². The molecule has 0 amide bonds. The molecular weight excluding hydrogens is 306 g/mol. The molecule has 0 aromatic carbocycles. The number of anilines is 1. The maximum Gasteiger partial charge on any atom is 0.363 e. The summed E-state index contributed by atoms with van der Waals surface area (Å²) in [5, 5.41) is 24.7. The molecule has 0 radical (unpaired) electrons. The highest BCUT2D eigenvalue weighted by molar-refractivity contribution is 7.92. The van der Waals surface area contributed by atoms with Crippen molar-refractivity contribution in [3.63, 3.8) is 0 Å². The van der Waals surface area contributed by atoms with Crippen molar-refractivity contribution in [2.75, 3.05) is 4.72 Å². The van der Waals surface area contributed by atoms with Crippen LogP contribution in [0, 0.1) is 10.1 Å². The van der Waals surface area contributed by atoms with E-state index in [1.54, 1.807) is 0 Å². The van der Waals surface area contributed by atoms with E-state index in [1.165, 1.54) is 0 Å². The summed E-state index contributed by atoms with van der Waals surface area (Å²) in [5.41, 5.74) is -0.297. The molecule has 11 nitrogen and oxygen atoms in total. The standard InChI is InChI=1S/C9H7N5O6S/c15-9(16)6-3-7(12-11-6)13-21(19,20)5-1-2-8(10-4-5)14(17)18/h1-4H,(H,15,16)(H2,11,12,13). The molecule has 2 aromatic rings. The Bertz CT molecular complexity index is 796. The van der Waals surface area contributed by atoms with Crippen LogP contribution < -0.4 is 4.72 Å². The zero-order valence-electron chi connectivity index (χ0n) is 10.0. The molecular formula is C9H7N5O6S. The molecule has 2 rings (SSSR count). The third-order valence-electron chi connectivity index (χ3n) is 2.27. The summed E-state index contributed by atoms with van der Waals surface area (Å²) in [4.78, 5) is 23.3. The third kappa shape index (κ3) is 3.11. The Morgan fingerprint density at radius 1 is 1.43 bits per heavy atom. The van der Waals surface area contributed by atoms with Crippen LogP contribution in [0.15, 0.2) is 29.3 Å². The number of rotatable bonds is 5. The number of aromatic amines is 1. The summed E-state index contributed by atoms with van der Waals surface area (Å²) >= 11 is 0. The molecule has 2 aromatic heterocycles. The van der Waals surface area contributed by atoms with E-state index in [1.807, 2.05) is 4.72 Å². The van der Waals surface area contributed by atoms with E-state index >= 15 is 0 Å². The lowest BCUT2D eigenvalue weighted by molar-refractivity contribution is -0.389. The first kappa shape index (κ1) is 14.4. The van der Waals surface area contributed by atoms with Crippen molar-refractivity contribution in [3.05, 3.63) is 40.2 Å². The number of hydrogen-bond acceptors (Lipinski definition) is 7. The molecule has 0 aliphatic rings. The fourth-order valence-electron chi connectivity index (χ4n) is 1.32. The van der Waals surface area contributed by atoms with Crippen LogP contribution >= 0.6 is 0 Å². The van der Waals surface area contributed by atoms with Crippen LogP contribution in [-0.4, -0.2) is 39.6 Å². The smallest absolute Gasteiger partial charge is 0.363 e. The highest BCUT2D eigenvalue weighted by atomic mass is 32.2. The summed E-state index contributed by atoms with van der Waals surface area (Å²) in [6.07, 6.45) is 0.811. The van der Waals surface area contributed by atoms with Gasteiger partial charge in [0.05, 0.1) is 0 Å². The highest BCUT2D eigenvalue weighted by Gasteiger charge is 2.20. The van der Waals surface area contributed by atoms with Gasteiger partial charge >= 0.3 is 11.8 Å². The van der Waals surface area contributed by atoms with Crippen molar-refractivity contribution in [2.45, 2.75) is 4.90 Å². The van der Waals surface area contributed by atoms with Crippen molar-refractivity contribution in [1.29, 1.82) is 0 Å². The number of nitrogens with zero attached hydrogens (tertiary/aromatic N) is 3. The van der Waals surface area contributed by atoms with E-state index < -0.39 is 26.7 Å². The lowest BCUT2D eigenvalue weighted by Gasteiger charge is -2.03. The molecule has 0 fully saturated rings. The Labute approximate surface area is 116 Å². The van der Waals surface area contributed by atoms with E-state index in [2.05, 4.69) is 15.2 Å². The minimum Gasteiger partial charge on any atom is -0.477 e. The summed E-state index contributed by atoms with van der Waals surface area (Å²) in [6.45, 7) is 0. The van der Waals surface area contributed by atoms with Gasteiger partial charge in [-0.2, -0.15) is 5.10 Å². The molecule has 3 N–H and O–H groups in total. The van der Waals surface area contributed by atoms with Crippen molar-refractivity contribution >= 4 is 27.6 Å². The van der Waals surface area contributed by atoms with E-state index in [0.29, 0.717) is 0 Å². The Morgan fingerprint density at radius 2 is 2.14 bits per heavy atom. The predicted octanol–water partition coefficient (Wildman–Crippen LogP) is 0.212. The van der Waals surface area contributed by atoms with Crippen LogP contribution in [0.5, 0.6) is 0 Å². The molecule has 0 saturated heterocycles. The van der Waals surface area contributed by atoms with Gasteiger partial charge in [0, 0.05) is 12.1 Å². The molecule has 0 aliphatic carbocycles. The van der Waals surface area contributed by atoms with Gasteiger partial charge in [-0.25, -0.2) is 13.2 Å². The number of sulfonamides is 1. The molecule has 0 saturated carbocycles. The van der Waals surface area contributed by atoms with Crippen molar-refractivity contribution in [3.8, 4) is 0 Å². The van der Waals surface area contributed by atoms with Crippen LogP contribution in [-0.2, 0) is 10.0 Å². The maximum absolute atomic E-state index is 11.9. The van der Waals surface area contributed by atoms with Gasteiger partial charge in [0.1, 0.15) is 10.6 Å². The van der Waals surface area contributed by atoms with Gasteiger partial charge in [-0.3, -0.25) is 9.82 Å². The number of hydrogen-bond donors (Lipinski definition) is 3. The molecule has 21 heavy (non-hydrogen) atoms. The van der Waals surface area contributed by atoms with Crippen LogP contribution in [0.4, 0.5) is 11.6 Å². The largest absolute Gasteiger partial charge is 0.477 e. The normalized spacial score (nSPS) is 11.0. The number of carbonyl (C=O) groups is 1. The number of carboxylic acid groups (broad SMARTS) is 1. The Balaban J connectivity index is 2.24. The predicted molar refractivity (Wildman–Crippen MR) is 67.2 cm³/mol. The van der Waals surface area contributed by atoms with Gasteiger partial charge < -0.3 is 15.2 Å². The lowest BCUT2D eigenvalue weighted by Crippen LogP contribution is -2.13. The average Bonchev–Trinajstić information content (AvgIpc) is 2.87. The van der Waals surface area contributed by atoms with Crippen LogP contribution in [0.25, 0.3) is 0 Å². The topological polar surface area (TPSA) is 168 Å². The second-order valence-corrected chi connectivity index (χ2v) is 5.37. The van der Waals surface area contributed by atoms with E-state index in [9.17, 15) is 23.3 Å². The van der Waals surface area contributed by atoms with Gasteiger partial charge in [-0.05, 0) is 16.0 Å². The summed E-state index contributed by atoms with van der Waals surface area (Å²) < 4.78 is 25.9. The first-order chi connectivity index (χ1) is 9.79. The van der Waals surface area contributed by atoms with E-state index in [-0.39, 0.29) is 16.4 Å². The minimum atomic E-state index is -4.08. The molecule has 0 unspecified atom stereocenters. The summed E-state index contributed by atoms with van der Waals surface area (Å²) in [5.74, 6) is -2.03. The molecule has 0 spiro atoms. The zero-order valence-corrected chi connectivity index (χ0v) is 10.9. The summed E-state index contributed by atoms with van der Waals surface area (Å²) in [6, 6.07) is 2.92. The SMILES string of the molecule is O=C(O)c1cc(NS(=O)(=O)c2ccc([N+](=O)[O-])nc2)n[nH]1. The minimum absolute atomic E-state index is 0.231. The van der Waals surface area contributed by atoms with Crippen molar-refractivity contribution in [1.82, 2.24) is 15.2 Å². The third-order valence-corrected chi connectivity index (χ3v) is 3.61.